The van der Waals surface area contributed by atoms with Crippen LogP contribution in [0.25, 0.3) is 10.8 Å². The number of fused-ring (bicyclic) bond motifs is 1. The van der Waals surface area contributed by atoms with Gasteiger partial charge in [0.2, 0.25) is 0 Å². The van der Waals surface area contributed by atoms with Crippen LogP contribution in [0.5, 0.6) is 0 Å². The minimum atomic E-state index is -0.363. The molecule has 0 aliphatic carbocycles. The number of amides is 2. The Bertz CT molecular complexity index is 1250. The molecule has 37 heavy (non-hydrogen) atoms. The number of rotatable bonds is 8. The predicted octanol–water partition coefficient (Wildman–Crippen LogP) is 7.29. The number of allylic oxidation sites excluding steroid dienone is 2. The van der Waals surface area contributed by atoms with Crippen molar-refractivity contribution in [2.24, 2.45) is 0 Å². The van der Waals surface area contributed by atoms with Crippen molar-refractivity contribution in [1.29, 1.82) is 0 Å². The number of carbonyl (C=O) groups excluding carboxylic acids is 2. The molecular formula is C30H38N4O2S. The zero-order valence-corrected chi connectivity index (χ0v) is 23.0. The van der Waals surface area contributed by atoms with E-state index < -0.39 is 0 Å². The molecule has 4 N–H and O–H groups in total. The van der Waals surface area contributed by atoms with Crippen LogP contribution in [0.3, 0.4) is 0 Å². The van der Waals surface area contributed by atoms with E-state index in [2.05, 4.69) is 61.1 Å². The molecular weight excluding hydrogens is 480 g/mol. The van der Waals surface area contributed by atoms with Crippen LogP contribution in [0.4, 0.5) is 15.5 Å². The number of carbonyl (C=O) groups is 2. The summed E-state index contributed by atoms with van der Waals surface area (Å²) in [5.41, 5.74) is 2.49. The van der Waals surface area contributed by atoms with Crippen LogP contribution < -0.4 is 21.3 Å². The van der Waals surface area contributed by atoms with E-state index in [9.17, 15) is 9.59 Å². The molecule has 0 fully saturated rings. The number of anilines is 2. The zero-order chi connectivity index (χ0) is 26.6. The lowest BCUT2D eigenvalue weighted by molar-refractivity contribution is 0.0993. The fourth-order valence-electron chi connectivity index (χ4n) is 3.80. The quantitative estimate of drug-likeness (QED) is 0.186. The number of ketones is 1. The van der Waals surface area contributed by atoms with Gasteiger partial charge < -0.3 is 16.0 Å². The van der Waals surface area contributed by atoms with Crippen molar-refractivity contribution in [1.82, 2.24) is 10.6 Å². The average molecular weight is 519 g/mol. The summed E-state index contributed by atoms with van der Waals surface area (Å²) in [5.74, 6) is 0.222. The van der Waals surface area contributed by atoms with Crippen molar-refractivity contribution in [3.8, 4) is 0 Å². The third-order valence-electron chi connectivity index (χ3n) is 5.63. The molecule has 1 aromatic heterocycles. The minimum Gasteiger partial charge on any atom is -0.387 e. The number of nitrogens with one attached hydrogen (secondary N) is 4. The maximum atomic E-state index is 13.1. The highest BCUT2D eigenvalue weighted by atomic mass is 32.1. The summed E-state index contributed by atoms with van der Waals surface area (Å²) in [6, 6.07) is 15.2. The van der Waals surface area contributed by atoms with Crippen LogP contribution in [0, 0.1) is 0 Å². The van der Waals surface area contributed by atoms with E-state index in [1.165, 1.54) is 23.3 Å². The third-order valence-corrected chi connectivity index (χ3v) is 6.98. The van der Waals surface area contributed by atoms with Crippen molar-refractivity contribution < 1.29 is 9.59 Å². The predicted molar refractivity (Wildman–Crippen MR) is 158 cm³/mol. The highest BCUT2D eigenvalue weighted by Crippen LogP contribution is 2.33. The Balaban J connectivity index is 0.00000121. The summed E-state index contributed by atoms with van der Waals surface area (Å²) in [4.78, 5) is 27.0. The lowest BCUT2D eigenvalue weighted by Crippen LogP contribution is -2.28. The van der Waals surface area contributed by atoms with Gasteiger partial charge in [-0.1, -0.05) is 82.7 Å². The van der Waals surface area contributed by atoms with Crippen LogP contribution >= 0.6 is 11.3 Å². The molecule has 1 aliphatic rings. The zero-order valence-electron chi connectivity index (χ0n) is 22.2. The molecule has 0 atom stereocenters. The van der Waals surface area contributed by atoms with Crippen molar-refractivity contribution in [3.63, 3.8) is 0 Å². The molecule has 2 aromatic carbocycles. The second kappa shape index (κ2) is 14.4. The van der Waals surface area contributed by atoms with E-state index in [0.29, 0.717) is 17.1 Å². The standard InChI is InChI=1S/C27H30N4O2S.C3H8/c1-18(2)25-14-22(24(32)17-29-16-19-8-5-6-13-28-15-19)26(34-25)31-27(33)30-23-12-7-10-20-9-3-4-11-21(20)23;1-3-2/h3-4,6-14,18,28-29H,5,15-17H2,1-2H3,(H2,30,31,33);3H2,1-2H3. The summed E-state index contributed by atoms with van der Waals surface area (Å²) in [5, 5.41) is 14.9. The van der Waals surface area contributed by atoms with Gasteiger partial charge in [0.15, 0.2) is 5.78 Å². The fraction of sp³-hybridized carbons (Fsp3) is 0.333. The van der Waals surface area contributed by atoms with Crippen LogP contribution in [0.2, 0.25) is 0 Å². The Hall–Kier alpha value is -3.42. The Morgan fingerprint density at radius 3 is 2.59 bits per heavy atom. The van der Waals surface area contributed by atoms with Gasteiger partial charge in [0, 0.05) is 23.4 Å². The monoisotopic (exact) mass is 518 g/mol. The van der Waals surface area contributed by atoms with E-state index in [4.69, 9.17) is 0 Å². The van der Waals surface area contributed by atoms with Crippen LogP contribution in [-0.4, -0.2) is 31.4 Å². The molecule has 1 aliphatic heterocycles. The summed E-state index contributed by atoms with van der Waals surface area (Å²) in [6.45, 7) is 10.0. The maximum Gasteiger partial charge on any atom is 0.324 e. The molecule has 0 unspecified atom stereocenters. The van der Waals surface area contributed by atoms with Crippen LogP contribution in [-0.2, 0) is 0 Å². The summed E-state index contributed by atoms with van der Waals surface area (Å²) < 4.78 is 0. The van der Waals surface area contributed by atoms with Gasteiger partial charge in [-0.05, 0) is 41.6 Å². The van der Waals surface area contributed by atoms with Gasteiger partial charge in [-0.15, -0.1) is 11.3 Å². The van der Waals surface area contributed by atoms with Gasteiger partial charge in [-0.25, -0.2) is 4.79 Å². The molecule has 2 heterocycles. The molecule has 3 aromatic rings. The van der Waals surface area contributed by atoms with Gasteiger partial charge in [0.05, 0.1) is 17.8 Å². The number of benzene rings is 2. The smallest absolute Gasteiger partial charge is 0.324 e. The minimum absolute atomic E-state index is 0.0380. The SMILES string of the molecule is CC(C)c1cc(C(=O)CNCC2=CCC=CNC2)c(NC(=O)Nc2cccc3ccccc23)s1.CCC. The molecule has 0 saturated carbocycles. The number of thiophene rings is 1. The van der Waals surface area contributed by atoms with Gasteiger partial charge in [0.25, 0.3) is 0 Å². The van der Waals surface area contributed by atoms with E-state index in [0.717, 1.165) is 34.3 Å². The Kier molecular flexibility index (Phi) is 10.9. The normalized spacial score (nSPS) is 12.7. The lowest BCUT2D eigenvalue weighted by Gasteiger charge is -2.11. The van der Waals surface area contributed by atoms with Crippen molar-refractivity contribution >= 4 is 44.6 Å². The highest BCUT2D eigenvalue weighted by Gasteiger charge is 2.19. The first-order valence-corrected chi connectivity index (χ1v) is 13.7. The molecule has 2 amide bonds. The first-order chi connectivity index (χ1) is 17.9. The molecule has 0 bridgehead atoms. The number of urea groups is 1. The molecule has 4 rings (SSSR count). The average Bonchev–Trinajstić information content (AvgIpc) is 3.12. The lowest BCUT2D eigenvalue weighted by atomic mass is 10.1. The van der Waals surface area contributed by atoms with E-state index in [-0.39, 0.29) is 24.3 Å². The molecule has 196 valence electrons. The van der Waals surface area contributed by atoms with Crippen molar-refractivity contribution in [3.05, 3.63) is 82.9 Å². The summed E-state index contributed by atoms with van der Waals surface area (Å²) in [6.07, 6.45) is 8.33. The Morgan fingerprint density at radius 2 is 1.81 bits per heavy atom. The van der Waals surface area contributed by atoms with Crippen LogP contribution in [0.1, 0.15) is 61.7 Å². The molecule has 0 spiro atoms. The Morgan fingerprint density at radius 1 is 1.05 bits per heavy atom. The van der Waals surface area contributed by atoms with Gasteiger partial charge >= 0.3 is 6.03 Å². The van der Waals surface area contributed by atoms with Gasteiger partial charge in [-0.3, -0.25) is 10.1 Å². The van der Waals surface area contributed by atoms with Crippen LogP contribution in [0.15, 0.2) is 72.5 Å². The topological polar surface area (TPSA) is 82.3 Å². The molecule has 6 nitrogen and oxygen atoms in total. The summed E-state index contributed by atoms with van der Waals surface area (Å²) >= 11 is 1.45. The number of Topliss-reactive ketones (excluding diaryl/α,β-unsaturated/α-hetero) is 1. The first-order valence-electron chi connectivity index (χ1n) is 12.9. The molecule has 7 heteroatoms. The first kappa shape index (κ1) is 28.2. The van der Waals surface area contributed by atoms with E-state index >= 15 is 0 Å². The summed E-state index contributed by atoms with van der Waals surface area (Å²) in [7, 11) is 0. The number of hydrogen-bond acceptors (Lipinski definition) is 5. The van der Waals surface area contributed by atoms with E-state index in [1.54, 1.807) is 0 Å². The fourth-order valence-corrected chi connectivity index (χ4v) is 4.88. The largest absolute Gasteiger partial charge is 0.387 e. The highest BCUT2D eigenvalue weighted by molar-refractivity contribution is 7.16. The Labute approximate surface area is 224 Å². The second-order valence-electron chi connectivity index (χ2n) is 9.27. The van der Waals surface area contributed by atoms with Crippen molar-refractivity contribution in [2.45, 2.75) is 46.5 Å². The van der Waals surface area contributed by atoms with Gasteiger partial charge in [-0.2, -0.15) is 0 Å². The number of hydrogen-bond donors (Lipinski definition) is 4. The molecule has 0 radical (unpaired) electrons. The maximum absolute atomic E-state index is 13.1. The van der Waals surface area contributed by atoms with Gasteiger partial charge in [0.1, 0.15) is 5.00 Å². The van der Waals surface area contributed by atoms with E-state index in [1.807, 2.05) is 54.7 Å². The molecule has 0 saturated heterocycles. The van der Waals surface area contributed by atoms with Crippen molar-refractivity contribution in [2.75, 3.05) is 30.3 Å². The second-order valence-corrected chi connectivity index (χ2v) is 10.4. The third kappa shape index (κ3) is 8.30.